The fourth-order valence-corrected chi connectivity index (χ4v) is 3.67. The first-order valence-electron chi connectivity index (χ1n) is 8.40. The highest BCUT2D eigenvalue weighted by Gasteiger charge is 2.13. The van der Waals surface area contributed by atoms with Crippen molar-refractivity contribution in [3.8, 4) is 5.69 Å². The van der Waals surface area contributed by atoms with Gasteiger partial charge < -0.3 is 0 Å². The SMILES string of the molecule is CC(=O)c1cc(-n2c(C)cc(SCc3ncc(F)cc3F)cc2=O)c(C)cn1. The number of aromatic nitrogens is 3. The van der Waals surface area contributed by atoms with Crippen molar-refractivity contribution in [1.29, 1.82) is 0 Å². The number of Topliss-reactive ketones (excluding diaryl/α,β-unsaturated/α-hetero) is 1. The highest BCUT2D eigenvalue weighted by Crippen LogP contribution is 2.24. The van der Waals surface area contributed by atoms with Crippen LogP contribution in [0.25, 0.3) is 5.69 Å². The number of thioether (sulfide) groups is 1. The predicted molar refractivity (Wildman–Crippen MR) is 103 cm³/mol. The van der Waals surface area contributed by atoms with Crippen molar-refractivity contribution in [1.82, 2.24) is 14.5 Å². The topological polar surface area (TPSA) is 64.8 Å². The van der Waals surface area contributed by atoms with Crippen LogP contribution in [-0.4, -0.2) is 20.3 Å². The lowest BCUT2D eigenvalue weighted by Gasteiger charge is -2.14. The van der Waals surface area contributed by atoms with Crippen molar-refractivity contribution < 1.29 is 13.6 Å². The number of carbonyl (C=O) groups is 1. The highest BCUT2D eigenvalue weighted by molar-refractivity contribution is 7.98. The molecule has 3 heterocycles. The Balaban J connectivity index is 1.92. The minimum Gasteiger partial charge on any atom is -0.293 e. The lowest BCUT2D eigenvalue weighted by molar-refractivity contribution is 0.101. The summed E-state index contributed by atoms with van der Waals surface area (Å²) in [6.07, 6.45) is 2.52. The molecule has 0 bridgehead atoms. The molecule has 0 saturated carbocycles. The zero-order chi connectivity index (χ0) is 20.4. The van der Waals surface area contributed by atoms with E-state index in [0.29, 0.717) is 16.3 Å². The van der Waals surface area contributed by atoms with Crippen molar-refractivity contribution in [2.75, 3.05) is 0 Å². The number of ketones is 1. The van der Waals surface area contributed by atoms with Gasteiger partial charge in [-0.15, -0.1) is 11.8 Å². The number of pyridine rings is 3. The van der Waals surface area contributed by atoms with Gasteiger partial charge in [0.2, 0.25) is 0 Å². The molecule has 0 saturated heterocycles. The predicted octanol–water partition coefficient (Wildman–Crippen LogP) is 4.02. The van der Waals surface area contributed by atoms with Gasteiger partial charge in [0, 0.05) is 41.6 Å². The van der Waals surface area contributed by atoms with Crippen LogP contribution in [0.5, 0.6) is 0 Å². The Labute approximate surface area is 164 Å². The van der Waals surface area contributed by atoms with E-state index in [9.17, 15) is 18.4 Å². The van der Waals surface area contributed by atoms with Gasteiger partial charge >= 0.3 is 0 Å². The van der Waals surface area contributed by atoms with Crippen LogP contribution in [0.2, 0.25) is 0 Å². The summed E-state index contributed by atoms with van der Waals surface area (Å²) in [6.45, 7) is 5.00. The molecule has 0 unspecified atom stereocenters. The van der Waals surface area contributed by atoms with E-state index in [-0.39, 0.29) is 28.5 Å². The molecule has 8 heteroatoms. The molecule has 0 aliphatic carbocycles. The van der Waals surface area contributed by atoms with Crippen molar-refractivity contribution in [3.05, 3.63) is 81.3 Å². The molecule has 144 valence electrons. The number of nitrogens with zero attached hydrogens (tertiary/aromatic N) is 3. The molecule has 0 radical (unpaired) electrons. The van der Waals surface area contributed by atoms with E-state index in [1.165, 1.54) is 29.3 Å². The smallest absolute Gasteiger partial charge is 0.256 e. The molecule has 3 aromatic heterocycles. The molecule has 28 heavy (non-hydrogen) atoms. The van der Waals surface area contributed by atoms with E-state index < -0.39 is 11.6 Å². The van der Waals surface area contributed by atoms with E-state index in [2.05, 4.69) is 9.97 Å². The van der Waals surface area contributed by atoms with Crippen molar-refractivity contribution in [2.45, 2.75) is 31.4 Å². The van der Waals surface area contributed by atoms with Crippen molar-refractivity contribution in [3.63, 3.8) is 0 Å². The van der Waals surface area contributed by atoms with Crippen LogP contribution in [0.15, 0.2) is 46.3 Å². The highest BCUT2D eigenvalue weighted by atomic mass is 32.2. The lowest BCUT2D eigenvalue weighted by atomic mass is 10.1. The summed E-state index contributed by atoms with van der Waals surface area (Å²) in [7, 11) is 0. The Bertz CT molecular complexity index is 1130. The normalized spacial score (nSPS) is 10.9. The Hall–Kier alpha value is -2.87. The molecular formula is C20H17F2N3O2S. The average molecular weight is 401 g/mol. The van der Waals surface area contributed by atoms with Gasteiger partial charge in [0.1, 0.15) is 17.3 Å². The molecule has 0 aromatic carbocycles. The fraction of sp³-hybridized carbons (Fsp3) is 0.200. The number of carbonyl (C=O) groups excluding carboxylic acids is 1. The van der Waals surface area contributed by atoms with Crippen LogP contribution < -0.4 is 5.56 Å². The molecule has 5 nitrogen and oxygen atoms in total. The number of halogens is 2. The van der Waals surface area contributed by atoms with Gasteiger partial charge in [-0.25, -0.2) is 8.78 Å². The molecule has 3 aromatic rings. The second-order valence-electron chi connectivity index (χ2n) is 6.29. The van der Waals surface area contributed by atoms with Gasteiger partial charge in [0.15, 0.2) is 5.78 Å². The molecule has 0 aliphatic heterocycles. The molecular weight excluding hydrogens is 384 g/mol. The van der Waals surface area contributed by atoms with E-state index in [4.69, 9.17) is 0 Å². The molecule has 0 atom stereocenters. The number of hydrogen-bond donors (Lipinski definition) is 0. The minimum atomic E-state index is -0.734. The van der Waals surface area contributed by atoms with Crippen LogP contribution in [-0.2, 0) is 5.75 Å². The summed E-state index contributed by atoms with van der Waals surface area (Å²) in [4.78, 5) is 32.8. The second-order valence-corrected chi connectivity index (χ2v) is 7.34. The Morgan fingerprint density at radius 2 is 1.86 bits per heavy atom. The maximum atomic E-state index is 13.7. The quantitative estimate of drug-likeness (QED) is 0.477. The monoisotopic (exact) mass is 401 g/mol. The third-order valence-electron chi connectivity index (χ3n) is 4.13. The third kappa shape index (κ3) is 4.17. The fourth-order valence-electron chi connectivity index (χ4n) is 2.71. The largest absolute Gasteiger partial charge is 0.293 e. The zero-order valence-electron chi connectivity index (χ0n) is 15.5. The standard InChI is InChI=1S/C20H17F2N3O2S/c1-11-8-23-17(13(3)26)7-19(11)25-12(2)4-15(6-20(25)27)28-10-18-16(22)5-14(21)9-24-18/h4-9H,10H2,1-3H3. The van der Waals surface area contributed by atoms with E-state index >= 15 is 0 Å². The number of rotatable bonds is 5. The van der Waals surface area contributed by atoms with Gasteiger partial charge in [0.05, 0.1) is 17.6 Å². The summed E-state index contributed by atoms with van der Waals surface area (Å²) in [5.74, 6) is -1.48. The second kappa shape index (κ2) is 8.02. The summed E-state index contributed by atoms with van der Waals surface area (Å²) < 4.78 is 28.2. The van der Waals surface area contributed by atoms with Crippen LogP contribution in [0, 0.1) is 25.5 Å². The first kappa shape index (κ1) is 19.9. The first-order valence-corrected chi connectivity index (χ1v) is 9.39. The average Bonchev–Trinajstić information content (AvgIpc) is 2.61. The minimum absolute atomic E-state index is 0.115. The molecule has 0 aliphatic rings. The van der Waals surface area contributed by atoms with Crippen molar-refractivity contribution >= 4 is 17.5 Å². The number of hydrogen-bond acceptors (Lipinski definition) is 5. The van der Waals surface area contributed by atoms with E-state index in [1.807, 2.05) is 6.92 Å². The molecule has 0 spiro atoms. The van der Waals surface area contributed by atoms with E-state index in [1.54, 1.807) is 25.3 Å². The molecule has 3 rings (SSSR count). The maximum Gasteiger partial charge on any atom is 0.256 e. The number of aryl methyl sites for hydroxylation is 2. The van der Waals surface area contributed by atoms with Gasteiger partial charge in [0.25, 0.3) is 5.56 Å². The van der Waals surface area contributed by atoms with Crippen LogP contribution in [0.1, 0.15) is 34.4 Å². The summed E-state index contributed by atoms with van der Waals surface area (Å²) in [6, 6.07) is 5.61. The summed E-state index contributed by atoms with van der Waals surface area (Å²) in [5.41, 5.74) is 2.12. The summed E-state index contributed by atoms with van der Waals surface area (Å²) >= 11 is 1.23. The van der Waals surface area contributed by atoms with Crippen LogP contribution in [0.4, 0.5) is 8.78 Å². The van der Waals surface area contributed by atoms with Crippen LogP contribution in [0.3, 0.4) is 0 Å². The molecule has 0 N–H and O–H groups in total. The lowest BCUT2D eigenvalue weighted by Crippen LogP contribution is -2.21. The molecule has 0 fully saturated rings. The Morgan fingerprint density at radius 3 is 2.50 bits per heavy atom. The van der Waals surface area contributed by atoms with Gasteiger partial charge in [-0.2, -0.15) is 0 Å². The van der Waals surface area contributed by atoms with E-state index in [0.717, 1.165) is 17.8 Å². The third-order valence-corrected chi connectivity index (χ3v) is 5.11. The maximum absolute atomic E-state index is 13.7. The summed E-state index contributed by atoms with van der Waals surface area (Å²) in [5, 5.41) is 0. The molecule has 0 amide bonds. The van der Waals surface area contributed by atoms with Crippen molar-refractivity contribution in [2.24, 2.45) is 0 Å². The Morgan fingerprint density at radius 1 is 1.11 bits per heavy atom. The van der Waals surface area contributed by atoms with Gasteiger partial charge in [-0.05, 0) is 31.5 Å². The van der Waals surface area contributed by atoms with Gasteiger partial charge in [-0.3, -0.25) is 24.1 Å². The first-order chi connectivity index (χ1) is 13.3. The zero-order valence-corrected chi connectivity index (χ0v) is 16.3. The van der Waals surface area contributed by atoms with Crippen LogP contribution >= 0.6 is 11.8 Å². The van der Waals surface area contributed by atoms with Gasteiger partial charge in [-0.1, -0.05) is 0 Å². The Kier molecular flexibility index (Phi) is 5.69.